The van der Waals surface area contributed by atoms with Gasteiger partial charge in [0.05, 0.1) is 27.4 Å². The van der Waals surface area contributed by atoms with Crippen molar-refractivity contribution in [2.24, 2.45) is 0 Å². The standard InChI is InChI=1S/C36H43FN6O5/c1-25-8-6-9-26(2)34(25)48-36(44)43(24-27-22-29(45-4)11-13-31(27)46-5)33-14-15-38-35(40-33)39-28-10-12-32(30(37)23-28)47-21-7-16-42-19-17-41(3)18-20-42/h6,8-15,22-23H,7,16-21,24H2,1-5H3,(H,38,39,40). The highest BCUT2D eigenvalue weighted by atomic mass is 19.1. The summed E-state index contributed by atoms with van der Waals surface area (Å²) in [7, 11) is 5.25. The second kappa shape index (κ2) is 16.2. The number of nitrogens with one attached hydrogen (secondary N) is 1. The number of aromatic nitrogens is 2. The number of anilines is 3. The van der Waals surface area contributed by atoms with Crippen molar-refractivity contribution in [3.05, 3.63) is 89.4 Å². The number of hydrogen-bond acceptors (Lipinski definition) is 10. The number of aryl methyl sites for hydroxylation is 2. The Morgan fingerprint density at radius 2 is 1.71 bits per heavy atom. The molecule has 1 saturated heterocycles. The van der Waals surface area contributed by atoms with Crippen molar-refractivity contribution in [2.45, 2.75) is 26.8 Å². The summed E-state index contributed by atoms with van der Waals surface area (Å²) in [6.07, 6.45) is 1.68. The molecule has 0 saturated carbocycles. The number of para-hydroxylation sites is 1. The summed E-state index contributed by atoms with van der Waals surface area (Å²) in [5, 5.41) is 3.04. The predicted octanol–water partition coefficient (Wildman–Crippen LogP) is 6.22. The van der Waals surface area contributed by atoms with E-state index in [2.05, 4.69) is 32.1 Å². The zero-order chi connectivity index (χ0) is 34.0. The molecule has 0 spiro atoms. The summed E-state index contributed by atoms with van der Waals surface area (Å²) < 4.78 is 37.7. The first-order chi connectivity index (χ1) is 23.2. The topological polar surface area (TPSA) is 102 Å². The number of amides is 1. The van der Waals surface area contributed by atoms with E-state index in [0.717, 1.165) is 50.3 Å². The fraction of sp³-hybridized carbons (Fsp3) is 0.361. The van der Waals surface area contributed by atoms with Gasteiger partial charge in [-0.1, -0.05) is 18.2 Å². The van der Waals surface area contributed by atoms with Crippen molar-refractivity contribution in [1.82, 2.24) is 19.8 Å². The normalized spacial score (nSPS) is 13.5. The SMILES string of the molecule is COc1ccc(OC)c(CN(C(=O)Oc2c(C)cccc2C)c2ccnc(Nc3ccc(OCCCN4CCN(C)CC4)c(F)c3)n2)c1. The number of halogens is 1. The van der Waals surface area contributed by atoms with Crippen LogP contribution >= 0.6 is 0 Å². The van der Waals surface area contributed by atoms with Crippen LogP contribution in [0.15, 0.2) is 66.9 Å². The van der Waals surface area contributed by atoms with Crippen LogP contribution in [-0.4, -0.2) is 86.5 Å². The van der Waals surface area contributed by atoms with Crippen LogP contribution in [0.4, 0.5) is 26.6 Å². The fourth-order valence-corrected chi connectivity index (χ4v) is 5.44. The fourth-order valence-electron chi connectivity index (χ4n) is 5.44. The number of likely N-dealkylation sites (N-methyl/N-ethyl adjacent to an activating group) is 1. The maximum Gasteiger partial charge on any atom is 0.421 e. The zero-order valence-electron chi connectivity index (χ0n) is 28.2. The molecule has 11 nitrogen and oxygen atoms in total. The van der Waals surface area contributed by atoms with Gasteiger partial charge in [0.2, 0.25) is 5.95 Å². The van der Waals surface area contributed by atoms with Gasteiger partial charge in [0.1, 0.15) is 23.1 Å². The van der Waals surface area contributed by atoms with E-state index < -0.39 is 11.9 Å². The molecule has 48 heavy (non-hydrogen) atoms. The average Bonchev–Trinajstić information content (AvgIpc) is 3.08. The summed E-state index contributed by atoms with van der Waals surface area (Å²) in [5.41, 5.74) is 2.73. The molecule has 1 aliphatic rings. The number of carbonyl (C=O) groups excluding carboxylic acids is 1. The van der Waals surface area contributed by atoms with E-state index in [1.165, 1.54) is 17.2 Å². The van der Waals surface area contributed by atoms with Crippen molar-refractivity contribution in [3.63, 3.8) is 0 Å². The summed E-state index contributed by atoms with van der Waals surface area (Å²) in [6, 6.07) is 17.2. The van der Waals surface area contributed by atoms with Crippen molar-refractivity contribution in [3.8, 4) is 23.0 Å². The molecule has 3 aromatic carbocycles. The third-order valence-corrected chi connectivity index (χ3v) is 8.21. The van der Waals surface area contributed by atoms with Crippen LogP contribution in [0.25, 0.3) is 0 Å². The van der Waals surface area contributed by atoms with E-state index in [1.54, 1.807) is 50.6 Å². The van der Waals surface area contributed by atoms with Crippen LogP contribution in [0.1, 0.15) is 23.1 Å². The maximum absolute atomic E-state index is 15.0. The maximum atomic E-state index is 15.0. The average molecular weight is 659 g/mol. The summed E-state index contributed by atoms with van der Waals surface area (Å²) >= 11 is 0. The molecule has 0 aliphatic carbocycles. The Kier molecular flexibility index (Phi) is 11.6. The predicted molar refractivity (Wildman–Crippen MR) is 183 cm³/mol. The number of hydrogen-bond donors (Lipinski definition) is 1. The van der Waals surface area contributed by atoms with E-state index in [-0.39, 0.29) is 24.1 Å². The van der Waals surface area contributed by atoms with Crippen LogP contribution in [-0.2, 0) is 6.54 Å². The molecule has 1 amide bonds. The summed E-state index contributed by atoms with van der Waals surface area (Å²) in [5.74, 6) is 1.73. The van der Waals surface area contributed by atoms with Crippen LogP contribution in [0.5, 0.6) is 23.0 Å². The monoisotopic (exact) mass is 658 g/mol. The van der Waals surface area contributed by atoms with Gasteiger partial charge in [0.15, 0.2) is 11.6 Å². The number of nitrogens with zero attached hydrogens (tertiary/aromatic N) is 5. The molecular formula is C36H43FN6O5. The highest BCUT2D eigenvalue weighted by molar-refractivity contribution is 5.88. The molecule has 254 valence electrons. The first-order valence-electron chi connectivity index (χ1n) is 15.9. The Morgan fingerprint density at radius 1 is 0.958 bits per heavy atom. The lowest BCUT2D eigenvalue weighted by atomic mass is 10.1. The van der Waals surface area contributed by atoms with Gasteiger partial charge < -0.3 is 34.1 Å². The number of ether oxygens (including phenoxy) is 4. The number of methoxy groups -OCH3 is 2. The quantitative estimate of drug-likeness (QED) is 0.167. The molecule has 12 heteroatoms. The van der Waals surface area contributed by atoms with E-state index >= 15 is 4.39 Å². The van der Waals surface area contributed by atoms with Crippen molar-refractivity contribution < 1.29 is 28.1 Å². The van der Waals surface area contributed by atoms with E-state index in [9.17, 15) is 4.79 Å². The zero-order valence-corrected chi connectivity index (χ0v) is 28.2. The number of piperazine rings is 1. The third kappa shape index (κ3) is 8.90. The van der Waals surface area contributed by atoms with Gasteiger partial charge in [-0.05, 0) is 74.8 Å². The van der Waals surface area contributed by atoms with Crippen molar-refractivity contribution in [1.29, 1.82) is 0 Å². The van der Waals surface area contributed by atoms with Gasteiger partial charge >= 0.3 is 6.09 Å². The highest BCUT2D eigenvalue weighted by Gasteiger charge is 2.24. The number of benzene rings is 3. The van der Waals surface area contributed by atoms with E-state index in [4.69, 9.17) is 18.9 Å². The molecule has 2 heterocycles. The van der Waals surface area contributed by atoms with E-state index in [1.807, 2.05) is 32.0 Å². The minimum atomic E-state index is -0.651. The second-order valence-corrected chi connectivity index (χ2v) is 11.7. The first kappa shape index (κ1) is 34.4. The van der Waals surface area contributed by atoms with Crippen molar-refractivity contribution >= 4 is 23.5 Å². The lowest BCUT2D eigenvalue weighted by Crippen LogP contribution is -2.44. The van der Waals surface area contributed by atoms with Crippen LogP contribution in [0.2, 0.25) is 0 Å². The molecule has 0 atom stereocenters. The van der Waals surface area contributed by atoms with Gasteiger partial charge in [-0.2, -0.15) is 4.98 Å². The molecule has 1 aliphatic heterocycles. The lowest BCUT2D eigenvalue weighted by molar-refractivity contribution is 0.145. The molecule has 1 N–H and O–H groups in total. The van der Waals surface area contributed by atoms with Crippen molar-refractivity contribution in [2.75, 3.05) is 70.8 Å². The Labute approximate surface area is 281 Å². The molecule has 1 fully saturated rings. The number of rotatable bonds is 13. The lowest BCUT2D eigenvalue weighted by Gasteiger charge is -2.32. The molecule has 4 aromatic rings. The minimum Gasteiger partial charge on any atom is -0.497 e. The van der Waals surface area contributed by atoms with E-state index in [0.29, 0.717) is 35.1 Å². The molecule has 0 bridgehead atoms. The molecular weight excluding hydrogens is 615 g/mol. The molecule has 0 radical (unpaired) electrons. The molecule has 0 unspecified atom stereocenters. The molecule has 1 aromatic heterocycles. The Balaban J connectivity index is 1.31. The highest BCUT2D eigenvalue weighted by Crippen LogP contribution is 2.30. The van der Waals surface area contributed by atoms with Gasteiger partial charge in [-0.15, -0.1) is 0 Å². The third-order valence-electron chi connectivity index (χ3n) is 8.21. The first-order valence-corrected chi connectivity index (χ1v) is 15.9. The van der Waals surface area contributed by atoms with Crippen LogP contribution < -0.4 is 29.2 Å². The Bertz CT molecular complexity index is 1680. The van der Waals surface area contributed by atoms with Crippen LogP contribution in [0.3, 0.4) is 0 Å². The van der Waals surface area contributed by atoms with Gasteiger partial charge in [-0.25, -0.2) is 14.2 Å². The second-order valence-electron chi connectivity index (χ2n) is 11.7. The Hall–Kier alpha value is -4.94. The summed E-state index contributed by atoms with van der Waals surface area (Å²) in [4.78, 5) is 28.8. The van der Waals surface area contributed by atoms with Gasteiger partial charge in [-0.3, -0.25) is 4.90 Å². The minimum absolute atomic E-state index is 0.0516. The van der Waals surface area contributed by atoms with Gasteiger partial charge in [0.25, 0.3) is 0 Å². The summed E-state index contributed by atoms with van der Waals surface area (Å²) in [6.45, 7) is 9.34. The smallest absolute Gasteiger partial charge is 0.421 e. The number of carbonyl (C=O) groups is 1. The largest absolute Gasteiger partial charge is 0.497 e. The van der Waals surface area contributed by atoms with Gasteiger partial charge in [0, 0.05) is 56.2 Å². The Morgan fingerprint density at radius 3 is 2.42 bits per heavy atom. The molecule has 5 rings (SSSR count). The van der Waals surface area contributed by atoms with Crippen LogP contribution in [0, 0.1) is 19.7 Å².